The van der Waals surface area contributed by atoms with E-state index in [2.05, 4.69) is 38.6 Å². The first-order chi connectivity index (χ1) is 13.2. The molecule has 4 rings (SSSR count). The van der Waals surface area contributed by atoms with Gasteiger partial charge in [0.2, 0.25) is 5.95 Å². The number of fused-ring (bicyclic) bond motifs is 1. The molecule has 0 aliphatic carbocycles. The minimum atomic E-state index is 0.575. The van der Waals surface area contributed by atoms with E-state index >= 15 is 0 Å². The lowest BCUT2D eigenvalue weighted by atomic mass is 10.2. The number of pyridine rings is 1. The van der Waals surface area contributed by atoms with E-state index in [1.54, 1.807) is 12.4 Å². The molecule has 4 aromatic rings. The highest BCUT2D eigenvalue weighted by Gasteiger charge is 2.07. The number of anilines is 3. The van der Waals surface area contributed by atoms with E-state index in [1.165, 1.54) is 0 Å². The highest BCUT2D eigenvalue weighted by molar-refractivity contribution is 6.30. The van der Waals surface area contributed by atoms with Gasteiger partial charge in [-0.25, -0.2) is 15.0 Å². The zero-order chi connectivity index (χ0) is 18.6. The lowest BCUT2D eigenvalue weighted by Crippen LogP contribution is -2.04. The third-order valence-corrected chi connectivity index (χ3v) is 4.52. The van der Waals surface area contributed by atoms with Crippen molar-refractivity contribution in [1.82, 2.24) is 15.0 Å². The number of rotatable bonds is 5. The second-order valence-electron chi connectivity index (χ2n) is 6.21. The van der Waals surface area contributed by atoms with E-state index < -0.39 is 0 Å². The van der Waals surface area contributed by atoms with Gasteiger partial charge in [0.25, 0.3) is 0 Å². The van der Waals surface area contributed by atoms with Crippen molar-refractivity contribution < 1.29 is 0 Å². The summed E-state index contributed by atoms with van der Waals surface area (Å²) in [5, 5.41) is 8.22. The molecule has 0 bridgehead atoms. The van der Waals surface area contributed by atoms with Gasteiger partial charge < -0.3 is 10.6 Å². The molecule has 27 heavy (non-hydrogen) atoms. The summed E-state index contributed by atoms with van der Waals surface area (Å²) in [6.07, 6.45) is 3.54. The Labute approximate surface area is 162 Å². The van der Waals surface area contributed by atoms with Crippen molar-refractivity contribution in [2.45, 2.75) is 13.5 Å². The molecule has 0 fully saturated rings. The van der Waals surface area contributed by atoms with Crippen LogP contribution in [-0.2, 0) is 6.54 Å². The van der Waals surface area contributed by atoms with E-state index in [1.807, 2.05) is 48.5 Å². The summed E-state index contributed by atoms with van der Waals surface area (Å²) >= 11 is 5.92. The summed E-state index contributed by atoms with van der Waals surface area (Å²) in [4.78, 5) is 13.5. The van der Waals surface area contributed by atoms with Crippen LogP contribution in [0.5, 0.6) is 0 Å². The minimum absolute atomic E-state index is 0.575. The van der Waals surface area contributed by atoms with Crippen LogP contribution in [0.4, 0.5) is 17.5 Å². The Bertz CT molecular complexity index is 1080. The van der Waals surface area contributed by atoms with Crippen LogP contribution in [0.2, 0.25) is 5.02 Å². The van der Waals surface area contributed by atoms with Gasteiger partial charge in [0.15, 0.2) is 0 Å². The van der Waals surface area contributed by atoms with Crippen molar-refractivity contribution >= 4 is 40.0 Å². The third kappa shape index (κ3) is 3.99. The standard InChI is InChI=1S/C21H18ClN5/c1-14-4-2-3-5-18(14)26-20-17-13-25-21(27-19(17)10-11-23-20)24-12-15-6-8-16(22)9-7-15/h2-11,13H,12H2,1H3,(H,23,26)(H,24,25,27). The van der Waals surface area contributed by atoms with Crippen molar-refractivity contribution in [3.63, 3.8) is 0 Å². The normalized spacial score (nSPS) is 10.7. The van der Waals surface area contributed by atoms with Crippen molar-refractivity contribution in [2.75, 3.05) is 10.6 Å². The predicted octanol–water partition coefficient (Wildman–Crippen LogP) is 5.34. The Morgan fingerprint density at radius 2 is 1.78 bits per heavy atom. The summed E-state index contributed by atoms with van der Waals surface area (Å²) in [6, 6.07) is 17.7. The molecule has 134 valence electrons. The van der Waals surface area contributed by atoms with Gasteiger partial charge in [-0.15, -0.1) is 0 Å². The fourth-order valence-electron chi connectivity index (χ4n) is 2.77. The minimum Gasteiger partial charge on any atom is -0.350 e. The van der Waals surface area contributed by atoms with Crippen LogP contribution in [0.25, 0.3) is 10.9 Å². The summed E-state index contributed by atoms with van der Waals surface area (Å²) < 4.78 is 0. The second-order valence-corrected chi connectivity index (χ2v) is 6.64. The van der Waals surface area contributed by atoms with Crippen molar-refractivity contribution in [2.24, 2.45) is 0 Å². The van der Waals surface area contributed by atoms with Gasteiger partial charge in [0.05, 0.1) is 10.9 Å². The number of para-hydroxylation sites is 1. The van der Waals surface area contributed by atoms with E-state index in [-0.39, 0.29) is 0 Å². The molecule has 0 radical (unpaired) electrons. The summed E-state index contributed by atoms with van der Waals surface area (Å²) in [5.74, 6) is 1.32. The summed E-state index contributed by atoms with van der Waals surface area (Å²) in [7, 11) is 0. The number of aromatic nitrogens is 3. The van der Waals surface area contributed by atoms with Crippen LogP contribution in [0.3, 0.4) is 0 Å². The molecular formula is C21H18ClN5. The quantitative estimate of drug-likeness (QED) is 0.492. The highest BCUT2D eigenvalue weighted by Crippen LogP contribution is 2.25. The first kappa shape index (κ1) is 17.2. The molecule has 5 nitrogen and oxygen atoms in total. The Balaban J connectivity index is 1.56. The van der Waals surface area contributed by atoms with Gasteiger partial charge in [0, 0.05) is 29.6 Å². The maximum absolute atomic E-state index is 5.92. The topological polar surface area (TPSA) is 62.7 Å². The van der Waals surface area contributed by atoms with Crippen LogP contribution >= 0.6 is 11.6 Å². The molecule has 0 saturated heterocycles. The fourth-order valence-corrected chi connectivity index (χ4v) is 2.89. The van der Waals surface area contributed by atoms with Crippen molar-refractivity contribution in [1.29, 1.82) is 0 Å². The van der Waals surface area contributed by atoms with Crippen LogP contribution in [0.1, 0.15) is 11.1 Å². The molecule has 0 atom stereocenters. The first-order valence-corrected chi connectivity index (χ1v) is 8.99. The molecule has 2 heterocycles. The molecule has 0 aliphatic heterocycles. The fraction of sp³-hybridized carbons (Fsp3) is 0.0952. The lowest BCUT2D eigenvalue weighted by molar-refractivity contribution is 1.07. The molecule has 0 saturated carbocycles. The maximum Gasteiger partial charge on any atom is 0.223 e. The summed E-state index contributed by atoms with van der Waals surface area (Å²) in [6.45, 7) is 2.69. The van der Waals surface area contributed by atoms with Gasteiger partial charge in [-0.1, -0.05) is 41.9 Å². The number of nitrogens with one attached hydrogen (secondary N) is 2. The number of hydrogen-bond acceptors (Lipinski definition) is 5. The molecule has 2 aromatic heterocycles. The zero-order valence-corrected chi connectivity index (χ0v) is 15.5. The van der Waals surface area contributed by atoms with Gasteiger partial charge in [-0.05, 0) is 42.3 Å². The smallest absolute Gasteiger partial charge is 0.223 e. The molecule has 2 aromatic carbocycles. The molecule has 0 spiro atoms. The number of benzene rings is 2. The van der Waals surface area contributed by atoms with Gasteiger partial charge in [-0.2, -0.15) is 0 Å². The Kier molecular flexibility index (Phi) is 4.85. The molecule has 0 unspecified atom stereocenters. The van der Waals surface area contributed by atoms with Crippen LogP contribution in [-0.4, -0.2) is 15.0 Å². The Morgan fingerprint density at radius 1 is 0.963 bits per heavy atom. The van der Waals surface area contributed by atoms with Crippen molar-refractivity contribution in [3.8, 4) is 0 Å². The van der Waals surface area contributed by atoms with Gasteiger partial charge in [-0.3, -0.25) is 0 Å². The Hall–Kier alpha value is -3.18. The highest BCUT2D eigenvalue weighted by atomic mass is 35.5. The van der Waals surface area contributed by atoms with E-state index in [4.69, 9.17) is 11.6 Å². The Morgan fingerprint density at radius 3 is 2.59 bits per heavy atom. The average molecular weight is 376 g/mol. The number of aryl methyl sites for hydroxylation is 1. The molecule has 6 heteroatoms. The molecule has 0 aliphatic rings. The van der Waals surface area contributed by atoms with E-state index in [9.17, 15) is 0 Å². The number of halogens is 1. The molecular weight excluding hydrogens is 358 g/mol. The first-order valence-electron chi connectivity index (χ1n) is 8.62. The van der Waals surface area contributed by atoms with E-state index in [0.717, 1.165) is 38.6 Å². The largest absolute Gasteiger partial charge is 0.350 e. The third-order valence-electron chi connectivity index (χ3n) is 4.27. The number of nitrogens with zero attached hydrogens (tertiary/aromatic N) is 3. The molecule has 2 N–H and O–H groups in total. The van der Waals surface area contributed by atoms with Crippen molar-refractivity contribution in [3.05, 3.63) is 83.1 Å². The summed E-state index contributed by atoms with van der Waals surface area (Å²) in [5.41, 5.74) is 4.11. The van der Waals surface area contributed by atoms with Crippen LogP contribution in [0, 0.1) is 6.92 Å². The van der Waals surface area contributed by atoms with Crippen LogP contribution in [0.15, 0.2) is 67.0 Å². The maximum atomic E-state index is 5.92. The monoisotopic (exact) mass is 375 g/mol. The van der Waals surface area contributed by atoms with Gasteiger partial charge >= 0.3 is 0 Å². The zero-order valence-electron chi connectivity index (χ0n) is 14.8. The lowest BCUT2D eigenvalue weighted by Gasteiger charge is -2.11. The SMILES string of the molecule is Cc1ccccc1Nc1nccc2nc(NCc3ccc(Cl)cc3)ncc12. The van der Waals surface area contributed by atoms with E-state index in [0.29, 0.717) is 12.5 Å². The predicted molar refractivity (Wildman–Crippen MR) is 111 cm³/mol. The average Bonchev–Trinajstić information content (AvgIpc) is 2.69. The molecule has 0 amide bonds. The second kappa shape index (κ2) is 7.60. The van der Waals surface area contributed by atoms with Crippen LogP contribution < -0.4 is 10.6 Å². The van der Waals surface area contributed by atoms with Gasteiger partial charge in [0.1, 0.15) is 5.82 Å². The number of hydrogen-bond donors (Lipinski definition) is 2.